The van der Waals surface area contributed by atoms with Crippen LogP contribution in [0.2, 0.25) is 0 Å². The van der Waals surface area contributed by atoms with E-state index in [4.69, 9.17) is 4.74 Å². The molecule has 1 aliphatic rings. The van der Waals surface area contributed by atoms with Gasteiger partial charge < -0.3 is 15.4 Å². The van der Waals surface area contributed by atoms with Crippen molar-refractivity contribution in [2.45, 2.75) is 30.6 Å². The second-order valence-electron chi connectivity index (χ2n) is 6.38. The molecule has 140 valence electrons. The van der Waals surface area contributed by atoms with Crippen molar-refractivity contribution in [1.29, 1.82) is 0 Å². The lowest BCUT2D eigenvalue weighted by atomic mass is 9.99. The highest BCUT2D eigenvalue weighted by molar-refractivity contribution is 9.10. The van der Waals surface area contributed by atoms with E-state index in [1.165, 1.54) is 6.26 Å². The van der Waals surface area contributed by atoms with Crippen LogP contribution in [-0.2, 0) is 14.6 Å². The van der Waals surface area contributed by atoms with Gasteiger partial charge in [-0.2, -0.15) is 0 Å². The molecular weight excluding hydrogens is 406 g/mol. The van der Waals surface area contributed by atoms with Gasteiger partial charge in [0.15, 0.2) is 15.8 Å². The van der Waals surface area contributed by atoms with Crippen LogP contribution in [0.25, 0.3) is 0 Å². The topological polar surface area (TPSA) is 79.8 Å². The van der Waals surface area contributed by atoms with Gasteiger partial charge >= 0.3 is 0 Å². The van der Waals surface area contributed by atoms with E-state index in [1.807, 2.05) is 31.2 Å². The molecule has 6 nitrogen and oxygen atoms in total. The minimum absolute atomic E-state index is 0.0191. The summed E-state index contributed by atoms with van der Waals surface area (Å²) in [6.45, 7) is 3.29. The molecule has 1 saturated heterocycles. The maximum Gasteiger partial charge on any atom is 0.191 e. The summed E-state index contributed by atoms with van der Waals surface area (Å²) in [5.41, 5.74) is 1.11. The Bertz CT molecular complexity index is 716. The molecule has 2 N–H and O–H groups in total. The molecule has 0 bridgehead atoms. The predicted octanol–water partition coefficient (Wildman–Crippen LogP) is 2.27. The Morgan fingerprint density at radius 3 is 2.56 bits per heavy atom. The predicted molar refractivity (Wildman–Crippen MR) is 105 cm³/mol. The molecule has 0 amide bonds. The lowest BCUT2D eigenvalue weighted by molar-refractivity contribution is 0.0756. The van der Waals surface area contributed by atoms with Gasteiger partial charge in [0, 0.05) is 37.5 Å². The highest BCUT2D eigenvalue weighted by atomic mass is 79.9. The zero-order valence-corrected chi connectivity index (χ0v) is 17.3. The molecule has 1 aliphatic heterocycles. The van der Waals surface area contributed by atoms with Crippen LogP contribution in [0.1, 0.15) is 31.4 Å². The largest absolute Gasteiger partial charge is 0.381 e. The van der Waals surface area contributed by atoms with E-state index < -0.39 is 14.6 Å². The van der Waals surface area contributed by atoms with E-state index in [-0.39, 0.29) is 6.04 Å². The van der Waals surface area contributed by atoms with E-state index >= 15 is 0 Å². The summed E-state index contributed by atoms with van der Waals surface area (Å²) in [5, 5.41) is 6.51. The number of rotatable bonds is 5. The Labute approximate surface area is 158 Å². The average molecular weight is 432 g/mol. The first kappa shape index (κ1) is 20.2. The van der Waals surface area contributed by atoms with Gasteiger partial charge in [0.2, 0.25) is 0 Å². The fourth-order valence-corrected chi connectivity index (χ4v) is 4.84. The normalized spacial score (nSPS) is 19.3. The molecule has 8 heteroatoms. The Kier molecular flexibility index (Phi) is 6.87. The third kappa shape index (κ3) is 4.95. The van der Waals surface area contributed by atoms with Crippen molar-refractivity contribution >= 4 is 31.7 Å². The molecule has 1 aromatic carbocycles. The second-order valence-corrected chi connectivity index (χ2v) is 9.65. The van der Waals surface area contributed by atoms with Gasteiger partial charge in [-0.25, -0.2) is 8.42 Å². The number of aliphatic imine (C=N–C) groups is 1. The van der Waals surface area contributed by atoms with Crippen molar-refractivity contribution in [3.05, 3.63) is 34.3 Å². The quantitative estimate of drug-likeness (QED) is 0.551. The first-order valence-corrected chi connectivity index (χ1v) is 11.0. The van der Waals surface area contributed by atoms with Crippen molar-refractivity contribution in [2.75, 3.05) is 33.1 Å². The number of nitrogens with zero attached hydrogens (tertiary/aromatic N) is 1. The molecule has 1 aromatic rings. The van der Waals surface area contributed by atoms with Crippen LogP contribution >= 0.6 is 15.9 Å². The minimum atomic E-state index is -3.21. The number of guanidine groups is 1. The number of hydrogen-bond donors (Lipinski definition) is 2. The van der Waals surface area contributed by atoms with Crippen molar-refractivity contribution in [3.63, 3.8) is 0 Å². The first-order chi connectivity index (χ1) is 11.8. The molecule has 1 heterocycles. The minimum Gasteiger partial charge on any atom is -0.381 e. The molecule has 0 aliphatic carbocycles. The van der Waals surface area contributed by atoms with Crippen LogP contribution in [0.5, 0.6) is 0 Å². The van der Waals surface area contributed by atoms with Gasteiger partial charge in [0.1, 0.15) is 0 Å². The molecule has 25 heavy (non-hydrogen) atoms. The summed E-state index contributed by atoms with van der Waals surface area (Å²) in [4.78, 5) is 4.23. The maximum atomic E-state index is 12.3. The van der Waals surface area contributed by atoms with Crippen molar-refractivity contribution < 1.29 is 13.2 Å². The van der Waals surface area contributed by atoms with Gasteiger partial charge in [-0.05, 0) is 31.4 Å². The highest BCUT2D eigenvalue weighted by Crippen LogP contribution is 2.28. The molecule has 0 radical (unpaired) electrons. The zero-order valence-electron chi connectivity index (χ0n) is 14.9. The van der Waals surface area contributed by atoms with E-state index in [2.05, 4.69) is 31.6 Å². The number of halogens is 1. The Balaban J connectivity index is 2.05. The maximum absolute atomic E-state index is 12.3. The van der Waals surface area contributed by atoms with Crippen molar-refractivity contribution in [3.8, 4) is 0 Å². The summed E-state index contributed by atoms with van der Waals surface area (Å²) < 4.78 is 30.2. The smallest absolute Gasteiger partial charge is 0.191 e. The summed E-state index contributed by atoms with van der Waals surface area (Å²) in [6.07, 6.45) is 2.30. The third-order valence-electron chi connectivity index (χ3n) is 4.72. The fraction of sp³-hybridized carbons (Fsp3) is 0.588. The monoisotopic (exact) mass is 431 g/mol. The first-order valence-electron chi connectivity index (χ1n) is 8.28. The molecule has 1 atom stereocenters. The number of nitrogens with one attached hydrogen (secondary N) is 2. The molecule has 1 unspecified atom stereocenters. The van der Waals surface area contributed by atoms with Crippen molar-refractivity contribution in [1.82, 2.24) is 10.6 Å². The molecule has 2 rings (SSSR count). The van der Waals surface area contributed by atoms with Gasteiger partial charge in [-0.1, -0.05) is 34.1 Å². The van der Waals surface area contributed by atoms with E-state index in [1.54, 1.807) is 7.05 Å². The van der Waals surface area contributed by atoms with Crippen LogP contribution in [0.4, 0.5) is 0 Å². The van der Waals surface area contributed by atoms with E-state index in [0.29, 0.717) is 38.6 Å². The number of benzene rings is 1. The standard InChI is InChI=1S/C17H26BrN3O3S/c1-13(14-6-4-5-7-15(14)18)21-16(19-2)20-12-17(25(3,22)23)8-10-24-11-9-17/h4-7,13H,8-12H2,1-3H3,(H2,19,20,21). The lowest BCUT2D eigenvalue weighted by Gasteiger charge is -2.36. The number of ether oxygens (including phenoxy) is 1. The fourth-order valence-electron chi connectivity index (χ4n) is 2.97. The van der Waals surface area contributed by atoms with Gasteiger partial charge in [0.25, 0.3) is 0 Å². The van der Waals surface area contributed by atoms with E-state index in [9.17, 15) is 8.42 Å². The number of hydrogen-bond acceptors (Lipinski definition) is 4. The van der Waals surface area contributed by atoms with Gasteiger partial charge in [0.05, 0.1) is 10.8 Å². The van der Waals surface area contributed by atoms with Crippen LogP contribution in [0.3, 0.4) is 0 Å². The van der Waals surface area contributed by atoms with Crippen LogP contribution in [0, 0.1) is 0 Å². The second kappa shape index (κ2) is 8.51. The Hall–Kier alpha value is -1.12. The Morgan fingerprint density at radius 2 is 2.00 bits per heavy atom. The third-order valence-corrected chi connectivity index (χ3v) is 7.57. The van der Waals surface area contributed by atoms with Crippen molar-refractivity contribution in [2.24, 2.45) is 4.99 Å². The highest BCUT2D eigenvalue weighted by Gasteiger charge is 2.42. The molecule has 0 aromatic heterocycles. The van der Waals surface area contributed by atoms with Crippen LogP contribution in [-0.4, -0.2) is 52.2 Å². The average Bonchev–Trinajstić information content (AvgIpc) is 2.58. The summed E-state index contributed by atoms with van der Waals surface area (Å²) >= 11 is 3.55. The Morgan fingerprint density at radius 1 is 1.36 bits per heavy atom. The SMILES string of the molecule is CN=C(NCC1(S(C)(=O)=O)CCOCC1)NC(C)c1ccccc1Br. The van der Waals surface area contributed by atoms with Gasteiger partial charge in [-0.3, -0.25) is 4.99 Å². The molecular formula is C17H26BrN3O3S. The molecule has 0 spiro atoms. The molecule has 0 saturated carbocycles. The van der Waals surface area contributed by atoms with Gasteiger partial charge in [-0.15, -0.1) is 0 Å². The lowest BCUT2D eigenvalue weighted by Crippen LogP contribution is -2.53. The van der Waals surface area contributed by atoms with Crippen LogP contribution in [0.15, 0.2) is 33.7 Å². The number of sulfone groups is 1. The van der Waals surface area contributed by atoms with Crippen LogP contribution < -0.4 is 10.6 Å². The van der Waals surface area contributed by atoms with E-state index in [0.717, 1.165) is 10.0 Å². The summed E-state index contributed by atoms with van der Waals surface area (Å²) in [5.74, 6) is 0.581. The zero-order chi connectivity index (χ0) is 18.5. The summed E-state index contributed by atoms with van der Waals surface area (Å²) in [6, 6.07) is 7.99. The summed E-state index contributed by atoms with van der Waals surface area (Å²) in [7, 11) is -1.53. The molecule has 1 fully saturated rings.